The lowest BCUT2D eigenvalue weighted by Gasteiger charge is -2.15. The number of hydrogen-bond acceptors (Lipinski definition) is 5. The van der Waals surface area contributed by atoms with Crippen molar-refractivity contribution in [1.82, 2.24) is 0 Å². The Morgan fingerprint density at radius 3 is 1.14 bits per heavy atom. The first-order valence-corrected chi connectivity index (χ1v) is 24.5. The van der Waals surface area contributed by atoms with Gasteiger partial charge in [-0.3, -0.25) is 9.59 Å². The van der Waals surface area contributed by atoms with Gasteiger partial charge in [0.2, 0.25) is 0 Å². The van der Waals surface area contributed by atoms with Crippen LogP contribution in [-0.4, -0.2) is 36.4 Å². The summed E-state index contributed by atoms with van der Waals surface area (Å²) >= 11 is 0. The van der Waals surface area contributed by atoms with Gasteiger partial charge in [-0.2, -0.15) is 0 Å². The molecule has 0 aliphatic heterocycles. The van der Waals surface area contributed by atoms with E-state index in [2.05, 4.69) is 86.8 Å². The molecule has 1 N–H and O–H groups in total. The van der Waals surface area contributed by atoms with Gasteiger partial charge in [-0.1, -0.05) is 209 Å². The van der Waals surface area contributed by atoms with Crippen LogP contribution < -0.4 is 0 Å². The van der Waals surface area contributed by atoms with E-state index in [0.29, 0.717) is 12.8 Å². The Hall–Kier alpha value is -2.66. The second-order valence-electron chi connectivity index (χ2n) is 16.2. The zero-order valence-corrected chi connectivity index (χ0v) is 38.0. The normalized spacial score (nSPS) is 12.8. The minimum Gasteiger partial charge on any atom is -0.462 e. The smallest absolute Gasteiger partial charge is 0.306 e. The number of carbonyl (C=O) groups is 2. The molecule has 5 heteroatoms. The Labute approximate surface area is 359 Å². The highest BCUT2D eigenvalue weighted by Gasteiger charge is 2.16. The molecule has 0 amide bonds. The summed E-state index contributed by atoms with van der Waals surface area (Å²) in [6, 6.07) is 0. The number of esters is 2. The molecule has 0 aliphatic carbocycles. The summed E-state index contributed by atoms with van der Waals surface area (Å²) in [5.41, 5.74) is 0. The predicted molar refractivity (Wildman–Crippen MR) is 251 cm³/mol. The molecule has 0 aromatic rings. The van der Waals surface area contributed by atoms with E-state index in [0.717, 1.165) is 77.0 Å². The van der Waals surface area contributed by atoms with E-state index < -0.39 is 6.10 Å². The maximum Gasteiger partial charge on any atom is 0.306 e. The molecule has 0 aromatic heterocycles. The minimum atomic E-state index is -0.776. The van der Waals surface area contributed by atoms with Crippen molar-refractivity contribution >= 4 is 11.9 Å². The van der Waals surface area contributed by atoms with Gasteiger partial charge in [0.25, 0.3) is 0 Å². The Balaban J connectivity index is 3.49. The third-order valence-corrected chi connectivity index (χ3v) is 10.5. The number of rotatable bonds is 44. The first-order valence-electron chi connectivity index (χ1n) is 24.5. The Morgan fingerprint density at radius 1 is 0.414 bits per heavy atom. The predicted octanol–water partition coefficient (Wildman–Crippen LogP) is 16.1. The SMILES string of the molecule is CC/C=C\C/C=C\C/C=C\C/C=C\C/C=C\CCCCCCCCCCCCCCCCCC(=O)OC(CO)COC(=O)CCCCCCC/C=C\CCCCCC. The van der Waals surface area contributed by atoms with Gasteiger partial charge in [0.15, 0.2) is 6.10 Å². The van der Waals surface area contributed by atoms with Crippen LogP contribution in [0.4, 0.5) is 0 Å². The Bertz CT molecular complexity index is 1050. The fourth-order valence-corrected chi connectivity index (χ4v) is 6.81. The molecule has 334 valence electrons. The number of carbonyl (C=O) groups excluding carboxylic acids is 2. The quantitative estimate of drug-likeness (QED) is 0.0377. The van der Waals surface area contributed by atoms with Crippen LogP contribution in [0.1, 0.15) is 232 Å². The van der Waals surface area contributed by atoms with Crippen LogP contribution >= 0.6 is 0 Å². The van der Waals surface area contributed by atoms with E-state index in [1.165, 1.54) is 128 Å². The van der Waals surface area contributed by atoms with Gasteiger partial charge in [0.05, 0.1) is 6.61 Å². The van der Waals surface area contributed by atoms with E-state index in [-0.39, 0.29) is 25.2 Å². The topological polar surface area (TPSA) is 72.8 Å². The summed E-state index contributed by atoms with van der Waals surface area (Å²) in [7, 11) is 0. The molecule has 0 saturated carbocycles. The molecule has 0 spiro atoms. The molecule has 0 radical (unpaired) electrons. The maximum atomic E-state index is 12.2. The zero-order valence-electron chi connectivity index (χ0n) is 38.0. The highest BCUT2D eigenvalue weighted by atomic mass is 16.6. The number of ether oxygens (including phenoxy) is 2. The van der Waals surface area contributed by atoms with Crippen LogP contribution in [0.15, 0.2) is 72.9 Å². The van der Waals surface area contributed by atoms with Crippen molar-refractivity contribution in [3.63, 3.8) is 0 Å². The van der Waals surface area contributed by atoms with Crippen LogP contribution in [-0.2, 0) is 19.1 Å². The van der Waals surface area contributed by atoms with E-state index in [9.17, 15) is 14.7 Å². The van der Waals surface area contributed by atoms with Crippen molar-refractivity contribution in [3.8, 4) is 0 Å². The largest absolute Gasteiger partial charge is 0.462 e. The third-order valence-electron chi connectivity index (χ3n) is 10.5. The average molecular weight is 809 g/mol. The fraction of sp³-hybridized carbons (Fsp3) is 0.736. The van der Waals surface area contributed by atoms with Crippen molar-refractivity contribution in [1.29, 1.82) is 0 Å². The zero-order chi connectivity index (χ0) is 42.1. The summed E-state index contributed by atoms with van der Waals surface area (Å²) in [5.74, 6) is -0.599. The number of aliphatic hydroxyl groups is 1. The molecular formula is C53H92O5. The summed E-state index contributed by atoms with van der Waals surface area (Å²) < 4.78 is 10.6. The summed E-state index contributed by atoms with van der Waals surface area (Å²) in [5, 5.41) is 9.59. The molecule has 0 aliphatic rings. The number of hydrogen-bond donors (Lipinski definition) is 1. The lowest BCUT2D eigenvalue weighted by Crippen LogP contribution is -2.28. The first-order chi connectivity index (χ1) is 28.6. The Kier molecular flexibility index (Phi) is 46.5. The monoisotopic (exact) mass is 809 g/mol. The van der Waals surface area contributed by atoms with Crippen molar-refractivity contribution in [2.24, 2.45) is 0 Å². The lowest BCUT2D eigenvalue weighted by atomic mass is 10.0. The highest BCUT2D eigenvalue weighted by Crippen LogP contribution is 2.15. The third kappa shape index (κ3) is 46.0. The van der Waals surface area contributed by atoms with Gasteiger partial charge in [-0.05, 0) is 83.5 Å². The van der Waals surface area contributed by atoms with Crippen molar-refractivity contribution in [2.75, 3.05) is 13.2 Å². The van der Waals surface area contributed by atoms with E-state index >= 15 is 0 Å². The average Bonchev–Trinajstić information content (AvgIpc) is 3.23. The van der Waals surface area contributed by atoms with Gasteiger partial charge in [0.1, 0.15) is 6.61 Å². The summed E-state index contributed by atoms with van der Waals surface area (Å²) in [6.45, 7) is 4.01. The van der Waals surface area contributed by atoms with Crippen LogP contribution in [0.25, 0.3) is 0 Å². The molecule has 0 rings (SSSR count). The van der Waals surface area contributed by atoms with Crippen LogP contribution in [0.2, 0.25) is 0 Å². The van der Waals surface area contributed by atoms with Crippen LogP contribution in [0, 0.1) is 0 Å². The highest BCUT2D eigenvalue weighted by molar-refractivity contribution is 5.70. The van der Waals surface area contributed by atoms with Gasteiger partial charge in [-0.15, -0.1) is 0 Å². The molecule has 0 aromatic carbocycles. The molecule has 1 unspecified atom stereocenters. The van der Waals surface area contributed by atoms with Gasteiger partial charge in [0, 0.05) is 12.8 Å². The van der Waals surface area contributed by atoms with Crippen LogP contribution in [0.3, 0.4) is 0 Å². The van der Waals surface area contributed by atoms with E-state index in [4.69, 9.17) is 9.47 Å². The molecule has 0 saturated heterocycles. The maximum absolute atomic E-state index is 12.2. The van der Waals surface area contributed by atoms with Gasteiger partial charge in [-0.25, -0.2) is 0 Å². The standard InChI is InChI=1S/C53H92O5/c1-3-5-7-9-11-13-15-17-18-19-20-21-22-23-24-25-26-27-28-29-30-31-32-33-34-36-38-40-42-44-46-48-53(56)58-51(49-54)50-57-52(55)47-45-43-41-39-37-35-16-14-12-10-8-6-4-2/h5,7,11,13-14,16-18,20-21,23-24,51,54H,3-4,6,8-10,12,15,19,22,25-50H2,1-2H3/b7-5-,13-11-,16-14-,18-17-,21-20-,24-23-. The van der Waals surface area contributed by atoms with E-state index in [1.54, 1.807) is 0 Å². The molecule has 58 heavy (non-hydrogen) atoms. The second-order valence-corrected chi connectivity index (χ2v) is 16.2. The first kappa shape index (κ1) is 55.3. The van der Waals surface area contributed by atoms with E-state index in [1.807, 2.05) is 0 Å². The summed E-state index contributed by atoms with van der Waals surface area (Å²) in [6.07, 6.45) is 65.7. The van der Waals surface area contributed by atoms with Gasteiger partial charge < -0.3 is 14.6 Å². The van der Waals surface area contributed by atoms with Gasteiger partial charge >= 0.3 is 11.9 Å². The molecule has 0 heterocycles. The lowest BCUT2D eigenvalue weighted by molar-refractivity contribution is -0.161. The van der Waals surface area contributed by atoms with Crippen molar-refractivity contribution in [2.45, 2.75) is 238 Å². The summed E-state index contributed by atoms with van der Waals surface area (Å²) in [4.78, 5) is 24.4. The Morgan fingerprint density at radius 2 is 0.741 bits per heavy atom. The molecule has 0 bridgehead atoms. The van der Waals surface area contributed by atoms with Crippen molar-refractivity contribution in [3.05, 3.63) is 72.9 Å². The van der Waals surface area contributed by atoms with Crippen LogP contribution in [0.5, 0.6) is 0 Å². The number of allylic oxidation sites excluding steroid dienone is 12. The molecule has 0 fully saturated rings. The molecule has 5 nitrogen and oxygen atoms in total. The minimum absolute atomic E-state index is 0.0706. The second kappa shape index (κ2) is 48.7. The fourth-order valence-electron chi connectivity index (χ4n) is 6.81. The van der Waals surface area contributed by atoms with Crippen molar-refractivity contribution < 1.29 is 24.2 Å². The molecule has 1 atom stereocenters. The molecular weight excluding hydrogens is 717 g/mol. The number of unbranched alkanes of at least 4 members (excludes halogenated alkanes) is 24. The number of aliphatic hydroxyl groups excluding tert-OH is 1.